The molecule has 1 aliphatic heterocycles. The predicted molar refractivity (Wildman–Crippen MR) is 90.9 cm³/mol. The van der Waals surface area contributed by atoms with E-state index in [0.717, 1.165) is 0 Å². The number of hydrogen-bond donors (Lipinski definition) is 0. The molecule has 0 unspecified atom stereocenters. The van der Waals surface area contributed by atoms with Crippen LogP contribution in [-0.2, 0) is 17.1 Å². The van der Waals surface area contributed by atoms with Crippen LogP contribution in [0, 0.1) is 0 Å². The van der Waals surface area contributed by atoms with Crippen LogP contribution in [0.5, 0.6) is 5.75 Å². The highest BCUT2D eigenvalue weighted by atomic mass is 32.2. The predicted octanol–water partition coefficient (Wildman–Crippen LogP) is 0.575. The smallest absolute Gasteiger partial charge is 0.272 e. The highest BCUT2D eigenvalue weighted by Gasteiger charge is 2.31. The van der Waals surface area contributed by atoms with Crippen molar-refractivity contribution in [2.24, 2.45) is 7.05 Å². The van der Waals surface area contributed by atoms with Crippen molar-refractivity contribution >= 4 is 15.9 Å². The summed E-state index contributed by atoms with van der Waals surface area (Å²) in [6.07, 6.45) is 1.57. The molecule has 8 nitrogen and oxygen atoms in total. The topological polar surface area (TPSA) is 84.7 Å². The van der Waals surface area contributed by atoms with Crippen LogP contribution in [0.3, 0.4) is 0 Å². The van der Waals surface area contributed by atoms with Crippen LogP contribution in [0.4, 0.5) is 0 Å². The van der Waals surface area contributed by atoms with E-state index in [2.05, 4.69) is 5.10 Å². The van der Waals surface area contributed by atoms with Gasteiger partial charge >= 0.3 is 0 Å². The molecular formula is C16H20N4O4S. The maximum absolute atomic E-state index is 12.7. The van der Waals surface area contributed by atoms with Gasteiger partial charge in [-0.2, -0.15) is 9.40 Å². The van der Waals surface area contributed by atoms with Crippen molar-refractivity contribution in [1.29, 1.82) is 0 Å². The third-order valence-corrected chi connectivity index (χ3v) is 6.18. The van der Waals surface area contributed by atoms with Crippen LogP contribution in [0.15, 0.2) is 41.4 Å². The number of rotatable bonds is 4. The minimum absolute atomic E-state index is 0.138. The van der Waals surface area contributed by atoms with Crippen molar-refractivity contribution in [3.63, 3.8) is 0 Å². The molecule has 25 heavy (non-hydrogen) atoms. The number of benzene rings is 1. The van der Waals surface area contributed by atoms with E-state index in [1.165, 1.54) is 28.2 Å². The van der Waals surface area contributed by atoms with Crippen LogP contribution in [-0.4, -0.2) is 66.6 Å². The van der Waals surface area contributed by atoms with Gasteiger partial charge in [-0.25, -0.2) is 8.42 Å². The Morgan fingerprint density at radius 1 is 1.08 bits per heavy atom. The molecule has 0 radical (unpaired) electrons. The lowest BCUT2D eigenvalue weighted by molar-refractivity contribution is 0.0687. The van der Waals surface area contributed by atoms with E-state index >= 15 is 0 Å². The monoisotopic (exact) mass is 364 g/mol. The molecule has 0 N–H and O–H groups in total. The number of carbonyl (C=O) groups excluding carboxylic acids is 1. The van der Waals surface area contributed by atoms with Gasteiger partial charge in [-0.1, -0.05) is 0 Å². The van der Waals surface area contributed by atoms with Gasteiger partial charge < -0.3 is 9.64 Å². The second kappa shape index (κ2) is 6.85. The fourth-order valence-corrected chi connectivity index (χ4v) is 4.20. The fourth-order valence-electron chi connectivity index (χ4n) is 2.77. The molecule has 1 aromatic heterocycles. The molecule has 9 heteroatoms. The van der Waals surface area contributed by atoms with Crippen molar-refractivity contribution in [1.82, 2.24) is 19.0 Å². The van der Waals surface area contributed by atoms with Crippen LogP contribution in [0.2, 0.25) is 0 Å². The first-order chi connectivity index (χ1) is 11.9. The SMILES string of the molecule is COc1ccc(S(=O)(=O)N2CCN(C(=O)c3ccnn3C)CC2)cc1. The first kappa shape index (κ1) is 17.4. The maximum atomic E-state index is 12.7. The number of methoxy groups -OCH3 is 1. The number of amides is 1. The van der Waals surface area contributed by atoms with Gasteiger partial charge in [0.05, 0.1) is 12.0 Å². The first-order valence-corrected chi connectivity index (χ1v) is 9.29. The molecule has 1 saturated heterocycles. The summed E-state index contributed by atoms with van der Waals surface area (Å²) in [4.78, 5) is 14.3. The average molecular weight is 364 g/mol. The Balaban J connectivity index is 1.68. The van der Waals surface area contributed by atoms with Crippen LogP contribution in [0.1, 0.15) is 10.5 Å². The summed E-state index contributed by atoms with van der Waals surface area (Å²) in [6.45, 7) is 1.22. The van der Waals surface area contributed by atoms with E-state index in [1.807, 2.05) is 0 Å². The zero-order valence-electron chi connectivity index (χ0n) is 14.1. The second-order valence-electron chi connectivity index (χ2n) is 5.71. The number of nitrogens with zero attached hydrogens (tertiary/aromatic N) is 4. The van der Waals surface area contributed by atoms with Crippen molar-refractivity contribution in [2.45, 2.75) is 4.90 Å². The lowest BCUT2D eigenvalue weighted by Crippen LogP contribution is -2.50. The van der Waals surface area contributed by atoms with Gasteiger partial charge in [0.1, 0.15) is 11.4 Å². The van der Waals surface area contributed by atoms with Crippen LogP contribution >= 0.6 is 0 Å². The van der Waals surface area contributed by atoms with Crippen molar-refractivity contribution in [2.75, 3.05) is 33.3 Å². The molecule has 0 aliphatic carbocycles. The van der Waals surface area contributed by atoms with Gasteiger partial charge in [0.2, 0.25) is 10.0 Å². The van der Waals surface area contributed by atoms with E-state index in [9.17, 15) is 13.2 Å². The Kier molecular flexibility index (Phi) is 4.78. The molecule has 1 fully saturated rings. The van der Waals surface area contributed by atoms with E-state index in [4.69, 9.17) is 4.74 Å². The zero-order valence-corrected chi connectivity index (χ0v) is 14.9. The molecule has 0 saturated carbocycles. The van der Waals surface area contributed by atoms with Gasteiger partial charge in [0.15, 0.2) is 0 Å². The molecule has 2 heterocycles. The van der Waals surface area contributed by atoms with Gasteiger partial charge in [0, 0.05) is 39.4 Å². The van der Waals surface area contributed by atoms with Crippen molar-refractivity contribution in [3.05, 3.63) is 42.2 Å². The standard InChI is InChI=1S/C16H20N4O4S/c1-18-15(7-8-17-18)16(21)19-9-11-20(12-10-19)25(22,23)14-5-3-13(24-2)4-6-14/h3-8H,9-12H2,1-2H3. The molecular weight excluding hydrogens is 344 g/mol. The summed E-state index contributed by atoms with van der Waals surface area (Å²) in [6, 6.07) is 7.95. The Bertz CT molecular complexity index is 853. The summed E-state index contributed by atoms with van der Waals surface area (Å²) in [7, 11) is -0.340. The summed E-state index contributed by atoms with van der Waals surface area (Å²) >= 11 is 0. The third-order valence-electron chi connectivity index (χ3n) is 4.26. The maximum Gasteiger partial charge on any atom is 0.272 e. The van der Waals surface area contributed by atoms with E-state index in [0.29, 0.717) is 24.5 Å². The average Bonchev–Trinajstić information content (AvgIpc) is 3.07. The summed E-state index contributed by atoms with van der Waals surface area (Å²) < 4.78 is 33.4. The fraction of sp³-hybridized carbons (Fsp3) is 0.375. The molecule has 3 rings (SSSR count). The number of carbonyl (C=O) groups is 1. The molecule has 2 aromatic rings. The lowest BCUT2D eigenvalue weighted by Gasteiger charge is -2.34. The Labute approximate surface area is 146 Å². The highest BCUT2D eigenvalue weighted by Crippen LogP contribution is 2.21. The van der Waals surface area contributed by atoms with Crippen LogP contribution < -0.4 is 4.74 Å². The van der Waals surface area contributed by atoms with E-state index in [1.54, 1.807) is 36.3 Å². The quantitative estimate of drug-likeness (QED) is 0.792. The van der Waals surface area contributed by atoms with Gasteiger partial charge in [-0.15, -0.1) is 0 Å². The summed E-state index contributed by atoms with van der Waals surface area (Å²) in [5, 5.41) is 3.99. The Morgan fingerprint density at radius 3 is 2.24 bits per heavy atom. The minimum atomic E-state index is -3.58. The molecule has 1 amide bonds. The molecule has 0 atom stereocenters. The number of sulfonamides is 1. The largest absolute Gasteiger partial charge is 0.497 e. The van der Waals surface area contributed by atoms with Crippen molar-refractivity contribution < 1.29 is 17.9 Å². The first-order valence-electron chi connectivity index (χ1n) is 7.85. The Morgan fingerprint density at radius 2 is 1.72 bits per heavy atom. The third kappa shape index (κ3) is 3.38. The number of hydrogen-bond acceptors (Lipinski definition) is 5. The number of ether oxygens (including phenoxy) is 1. The summed E-state index contributed by atoms with van der Waals surface area (Å²) in [5.74, 6) is 0.465. The van der Waals surface area contributed by atoms with Gasteiger partial charge in [0.25, 0.3) is 5.91 Å². The van der Waals surface area contributed by atoms with E-state index < -0.39 is 10.0 Å². The molecule has 0 spiro atoms. The molecule has 134 valence electrons. The molecule has 1 aromatic carbocycles. The molecule has 0 bridgehead atoms. The summed E-state index contributed by atoms with van der Waals surface area (Å²) in [5.41, 5.74) is 0.492. The van der Waals surface area contributed by atoms with Gasteiger partial charge in [-0.3, -0.25) is 9.48 Å². The number of piperazine rings is 1. The second-order valence-corrected chi connectivity index (χ2v) is 7.65. The van der Waals surface area contributed by atoms with Crippen LogP contribution in [0.25, 0.3) is 0 Å². The molecule has 1 aliphatic rings. The van der Waals surface area contributed by atoms with E-state index in [-0.39, 0.29) is 23.9 Å². The Hall–Kier alpha value is -2.39. The number of aromatic nitrogens is 2. The minimum Gasteiger partial charge on any atom is -0.497 e. The van der Waals surface area contributed by atoms with Crippen molar-refractivity contribution in [3.8, 4) is 5.75 Å². The van der Waals surface area contributed by atoms with Gasteiger partial charge in [-0.05, 0) is 30.3 Å². The number of aryl methyl sites for hydroxylation is 1. The zero-order chi connectivity index (χ0) is 18.0. The lowest BCUT2D eigenvalue weighted by atomic mass is 10.3. The highest BCUT2D eigenvalue weighted by molar-refractivity contribution is 7.89. The normalized spacial score (nSPS) is 16.0.